The molecule has 142 valence electrons. The lowest BCUT2D eigenvalue weighted by Crippen LogP contribution is -2.41. The van der Waals surface area contributed by atoms with E-state index >= 15 is 0 Å². The number of benzene rings is 1. The second-order valence-corrected chi connectivity index (χ2v) is 6.39. The van der Waals surface area contributed by atoms with Crippen LogP contribution in [0.15, 0.2) is 47.4 Å². The summed E-state index contributed by atoms with van der Waals surface area (Å²) in [5.41, 5.74) is 6.86. The van der Waals surface area contributed by atoms with Gasteiger partial charge in [0.2, 0.25) is 11.8 Å². The molecule has 1 unspecified atom stereocenters. The number of ether oxygens (including phenoxy) is 1. The van der Waals surface area contributed by atoms with Crippen molar-refractivity contribution in [1.82, 2.24) is 5.32 Å². The fraction of sp³-hybridized carbons (Fsp3) is 0.500. The standard InChI is InChI=1S/C20H30N4O2/c1-3-4-5-6-7-11-14-26-18-15-17(20(25)22-2)19(21)23-24(18)16-12-9-8-10-13-16/h8-10,12-13,15,17H,3-7,11,14H2,1-2H3,(H2,21,23)(H,22,25). The number of hydrazone groups is 1. The number of carbonyl (C=O) groups excluding carboxylic acids is 1. The molecule has 1 atom stereocenters. The Labute approximate surface area is 156 Å². The van der Waals surface area contributed by atoms with Crippen molar-refractivity contribution in [3.8, 4) is 0 Å². The number of amidine groups is 1. The monoisotopic (exact) mass is 358 g/mol. The first-order chi connectivity index (χ1) is 12.7. The number of nitrogens with two attached hydrogens (primary N) is 1. The Kier molecular flexibility index (Phi) is 7.99. The number of nitrogens with zero attached hydrogens (tertiary/aromatic N) is 2. The van der Waals surface area contributed by atoms with Crippen LogP contribution in [0.4, 0.5) is 5.69 Å². The number of carbonyl (C=O) groups is 1. The van der Waals surface area contributed by atoms with Crippen molar-refractivity contribution in [2.75, 3.05) is 18.7 Å². The Morgan fingerprint density at radius 3 is 2.58 bits per heavy atom. The number of rotatable bonds is 10. The number of unbranched alkanes of at least 4 members (excludes halogenated alkanes) is 5. The van der Waals surface area contributed by atoms with Crippen LogP contribution in [0.3, 0.4) is 0 Å². The van der Waals surface area contributed by atoms with Crippen LogP contribution >= 0.6 is 0 Å². The molecule has 1 aromatic rings. The van der Waals surface area contributed by atoms with E-state index in [0.29, 0.717) is 12.5 Å². The topological polar surface area (TPSA) is 79.9 Å². The van der Waals surface area contributed by atoms with Crippen LogP contribution in [-0.2, 0) is 9.53 Å². The van der Waals surface area contributed by atoms with E-state index in [2.05, 4.69) is 17.3 Å². The van der Waals surface area contributed by atoms with Gasteiger partial charge in [-0.3, -0.25) is 4.79 Å². The Bertz CT molecular complexity index is 628. The summed E-state index contributed by atoms with van der Waals surface area (Å²) in [6.07, 6.45) is 8.90. The predicted molar refractivity (Wildman–Crippen MR) is 106 cm³/mol. The highest BCUT2D eigenvalue weighted by atomic mass is 16.5. The summed E-state index contributed by atoms with van der Waals surface area (Å²) in [7, 11) is 1.59. The van der Waals surface area contributed by atoms with Crippen molar-refractivity contribution >= 4 is 17.4 Å². The van der Waals surface area contributed by atoms with Gasteiger partial charge in [-0.1, -0.05) is 57.2 Å². The van der Waals surface area contributed by atoms with E-state index in [-0.39, 0.29) is 11.7 Å². The molecule has 3 N–H and O–H groups in total. The van der Waals surface area contributed by atoms with Crippen LogP contribution < -0.4 is 16.1 Å². The average molecular weight is 358 g/mol. The summed E-state index contributed by atoms with van der Waals surface area (Å²) in [4.78, 5) is 12.1. The van der Waals surface area contributed by atoms with Crippen molar-refractivity contribution in [2.24, 2.45) is 16.8 Å². The lowest BCUT2D eigenvalue weighted by Gasteiger charge is -2.28. The highest BCUT2D eigenvalue weighted by molar-refractivity contribution is 6.05. The predicted octanol–water partition coefficient (Wildman–Crippen LogP) is 3.36. The van der Waals surface area contributed by atoms with Crippen LogP contribution in [0, 0.1) is 5.92 Å². The third-order valence-electron chi connectivity index (χ3n) is 4.33. The van der Waals surface area contributed by atoms with Crippen molar-refractivity contribution in [3.05, 3.63) is 42.3 Å². The smallest absolute Gasteiger partial charge is 0.234 e. The molecule has 0 saturated carbocycles. The number of anilines is 1. The molecule has 0 saturated heterocycles. The normalized spacial score (nSPS) is 16.7. The Balaban J connectivity index is 2.03. The second-order valence-electron chi connectivity index (χ2n) is 6.39. The van der Waals surface area contributed by atoms with Gasteiger partial charge in [-0.25, -0.2) is 0 Å². The van der Waals surface area contributed by atoms with Gasteiger partial charge in [0.1, 0.15) is 11.8 Å². The van der Waals surface area contributed by atoms with E-state index in [1.807, 2.05) is 30.3 Å². The maximum atomic E-state index is 12.1. The lowest BCUT2D eigenvalue weighted by molar-refractivity contribution is -0.121. The zero-order chi connectivity index (χ0) is 18.8. The minimum absolute atomic E-state index is 0.195. The minimum atomic E-state index is -0.612. The van der Waals surface area contributed by atoms with E-state index in [0.717, 1.165) is 18.5 Å². The molecule has 1 aliphatic rings. The molecule has 1 heterocycles. The number of para-hydroxylation sites is 1. The molecule has 0 spiro atoms. The highest BCUT2D eigenvalue weighted by Gasteiger charge is 2.28. The number of hydrogen-bond acceptors (Lipinski definition) is 5. The van der Waals surface area contributed by atoms with Crippen molar-refractivity contribution in [3.63, 3.8) is 0 Å². The zero-order valence-electron chi connectivity index (χ0n) is 15.8. The first-order valence-electron chi connectivity index (χ1n) is 9.42. The third-order valence-corrected chi connectivity index (χ3v) is 4.33. The second kappa shape index (κ2) is 10.5. The van der Waals surface area contributed by atoms with Gasteiger partial charge in [0.25, 0.3) is 0 Å². The molecular weight excluding hydrogens is 328 g/mol. The molecule has 1 aromatic carbocycles. The molecule has 0 fully saturated rings. The van der Waals surface area contributed by atoms with Gasteiger partial charge < -0.3 is 15.8 Å². The SMILES string of the molecule is CCCCCCCCOC1=CC(C(=O)NC)C(N)=NN1c1ccccc1. The number of nitrogens with one attached hydrogen (secondary N) is 1. The van der Waals surface area contributed by atoms with Crippen LogP contribution in [0.5, 0.6) is 0 Å². The van der Waals surface area contributed by atoms with Gasteiger partial charge in [0, 0.05) is 7.05 Å². The van der Waals surface area contributed by atoms with Gasteiger partial charge in [-0.15, -0.1) is 0 Å². The van der Waals surface area contributed by atoms with Crippen molar-refractivity contribution < 1.29 is 9.53 Å². The van der Waals surface area contributed by atoms with E-state index in [4.69, 9.17) is 10.5 Å². The Hall–Kier alpha value is -2.50. The van der Waals surface area contributed by atoms with Crippen LogP contribution in [0.1, 0.15) is 45.4 Å². The summed E-state index contributed by atoms with van der Waals surface area (Å²) < 4.78 is 5.97. The van der Waals surface area contributed by atoms with Crippen molar-refractivity contribution in [2.45, 2.75) is 45.4 Å². The van der Waals surface area contributed by atoms with Crippen LogP contribution in [0.2, 0.25) is 0 Å². The number of amides is 1. The lowest BCUT2D eigenvalue weighted by atomic mass is 10.1. The minimum Gasteiger partial charge on any atom is -0.478 e. The Morgan fingerprint density at radius 1 is 1.19 bits per heavy atom. The van der Waals surface area contributed by atoms with Gasteiger partial charge >= 0.3 is 0 Å². The molecule has 1 aliphatic heterocycles. The molecule has 0 radical (unpaired) electrons. The van der Waals surface area contributed by atoms with Gasteiger partial charge in [0.05, 0.1) is 12.3 Å². The van der Waals surface area contributed by atoms with Crippen molar-refractivity contribution in [1.29, 1.82) is 0 Å². The summed E-state index contributed by atoms with van der Waals surface area (Å²) in [5, 5.41) is 8.67. The first kappa shape index (κ1) is 19.8. The fourth-order valence-electron chi connectivity index (χ4n) is 2.81. The molecule has 1 amide bonds. The maximum Gasteiger partial charge on any atom is 0.234 e. The zero-order valence-corrected chi connectivity index (χ0v) is 15.8. The molecule has 6 nitrogen and oxygen atoms in total. The molecule has 0 aromatic heterocycles. The van der Waals surface area contributed by atoms with Gasteiger partial charge in [-0.2, -0.15) is 10.1 Å². The molecule has 26 heavy (non-hydrogen) atoms. The quantitative estimate of drug-likeness (QED) is 0.629. The first-order valence-corrected chi connectivity index (χ1v) is 9.42. The van der Waals surface area contributed by atoms with E-state index in [9.17, 15) is 4.79 Å². The summed E-state index contributed by atoms with van der Waals surface area (Å²) in [6, 6.07) is 9.65. The summed E-state index contributed by atoms with van der Waals surface area (Å²) >= 11 is 0. The van der Waals surface area contributed by atoms with Gasteiger partial charge in [0.15, 0.2) is 0 Å². The average Bonchev–Trinajstić information content (AvgIpc) is 2.68. The van der Waals surface area contributed by atoms with Gasteiger partial charge in [-0.05, 0) is 24.6 Å². The van der Waals surface area contributed by atoms with Crippen LogP contribution in [0.25, 0.3) is 0 Å². The fourth-order valence-corrected chi connectivity index (χ4v) is 2.81. The molecule has 0 aliphatic carbocycles. The third kappa shape index (κ3) is 5.51. The maximum absolute atomic E-state index is 12.1. The van der Waals surface area contributed by atoms with E-state index in [1.165, 1.54) is 25.7 Å². The molecular formula is C20H30N4O2. The summed E-state index contributed by atoms with van der Waals surface area (Å²) in [5.74, 6) is -0.00757. The van der Waals surface area contributed by atoms with E-state index < -0.39 is 5.92 Å². The molecule has 0 bridgehead atoms. The molecule has 6 heteroatoms. The summed E-state index contributed by atoms with van der Waals surface area (Å²) in [6.45, 7) is 2.81. The van der Waals surface area contributed by atoms with Crippen LogP contribution in [-0.4, -0.2) is 25.4 Å². The molecule has 2 rings (SSSR count). The van der Waals surface area contributed by atoms with E-state index in [1.54, 1.807) is 18.1 Å². The highest BCUT2D eigenvalue weighted by Crippen LogP contribution is 2.25. The largest absolute Gasteiger partial charge is 0.478 e. The number of hydrogen-bond donors (Lipinski definition) is 2. The Morgan fingerprint density at radius 2 is 1.88 bits per heavy atom.